The molecule has 0 aliphatic heterocycles. The Kier molecular flexibility index (Phi) is 17.5. The summed E-state index contributed by atoms with van der Waals surface area (Å²) in [4.78, 5) is 65.7. The molecule has 4 heterocycles. The number of hydrogen-bond acceptors (Lipinski definition) is 12. The molecule has 1 amide bonds. The van der Waals surface area contributed by atoms with E-state index in [4.69, 9.17) is 42.1 Å². The van der Waals surface area contributed by atoms with Crippen molar-refractivity contribution in [2.75, 3.05) is 32.8 Å². The summed E-state index contributed by atoms with van der Waals surface area (Å²) in [6, 6.07) is 13.6. The standard InChI is InChI=1S/C32H41N5O6.C19H24ClN5O2/c1-8-41-25(38)17-36(18-26(39)42-9-2)16-24-28(33-7)27(32(40)43-29-21(5)14-20(4)15-22(29)6)31-34-30(35-37(24)31)23-12-10-19(3)11-13-23;1-10-6-7-15(11(2)8-10)27-14(5)19(26)21-9-12(3)17-22-18-16(20)13(4)23-25(18)24-17/h10-13,20-22,29H,8-9,14-18H2,1-6H3,(H,34,35);6-8,12,14,23H,9H2,1-5H3,(H,21,26). The van der Waals surface area contributed by atoms with E-state index in [1.54, 1.807) is 29.9 Å². The van der Waals surface area contributed by atoms with Crippen molar-refractivity contribution < 1.29 is 38.1 Å². The topological polar surface area (TPSA) is 204 Å². The average Bonchev–Trinajstić information content (AvgIpc) is 4.06. The van der Waals surface area contributed by atoms with E-state index >= 15 is 0 Å². The van der Waals surface area contributed by atoms with Crippen LogP contribution in [0.1, 0.15) is 111 Å². The Morgan fingerprint density at radius 2 is 1.53 bits per heavy atom. The van der Waals surface area contributed by atoms with Crippen LogP contribution in [0.15, 0.2) is 42.5 Å². The van der Waals surface area contributed by atoms with Crippen molar-refractivity contribution in [3.8, 4) is 17.1 Å². The minimum Gasteiger partial charge on any atom is -0.481 e. The number of nitrogens with one attached hydrogen (secondary N) is 3. The van der Waals surface area contributed by atoms with Crippen LogP contribution in [0, 0.1) is 52.0 Å². The van der Waals surface area contributed by atoms with E-state index in [-0.39, 0.29) is 79.5 Å². The Labute approximate surface area is 413 Å². The van der Waals surface area contributed by atoms with E-state index in [0.717, 1.165) is 40.8 Å². The van der Waals surface area contributed by atoms with E-state index in [0.29, 0.717) is 46.2 Å². The summed E-state index contributed by atoms with van der Waals surface area (Å²) in [6.07, 6.45) is 1.01. The zero-order chi connectivity index (χ0) is 51.0. The first kappa shape index (κ1) is 52.7. The Bertz CT molecular complexity index is 2830. The number of amides is 1. The molecule has 18 nitrogen and oxygen atoms in total. The van der Waals surface area contributed by atoms with Crippen LogP contribution < -0.4 is 10.1 Å². The molecule has 0 radical (unpaired) electrons. The second-order valence-electron chi connectivity index (χ2n) is 18.5. The van der Waals surface area contributed by atoms with Crippen LogP contribution in [0.3, 0.4) is 0 Å². The molecule has 4 atom stereocenters. The summed E-state index contributed by atoms with van der Waals surface area (Å²) in [5.41, 5.74) is 6.19. The van der Waals surface area contributed by atoms with Crippen molar-refractivity contribution in [2.45, 2.75) is 114 Å². The van der Waals surface area contributed by atoms with Gasteiger partial charge in [-0.15, -0.1) is 5.10 Å². The van der Waals surface area contributed by atoms with Crippen LogP contribution in [0.2, 0.25) is 5.02 Å². The fraction of sp³-hybridized carbons (Fsp3) is 0.490. The number of carbonyl (C=O) groups is 4. The molecule has 0 spiro atoms. The number of rotatable bonds is 17. The van der Waals surface area contributed by atoms with Crippen LogP contribution in [0.4, 0.5) is 5.69 Å². The van der Waals surface area contributed by atoms with Gasteiger partial charge in [0.15, 0.2) is 29.0 Å². The van der Waals surface area contributed by atoms with Crippen LogP contribution in [-0.2, 0) is 35.1 Å². The second kappa shape index (κ2) is 23.3. The van der Waals surface area contributed by atoms with Gasteiger partial charge in [-0.05, 0) is 90.7 Å². The molecule has 4 aromatic heterocycles. The molecule has 1 fully saturated rings. The number of nitrogens with zero attached hydrogens (tertiary/aromatic N) is 7. The van der Waals surface area contributed by atoms with Crippen molar-refractivity contribution in [1.29, 1.82) is 0 Å². The van der Waals surface area contributed by atoms with Crippen molar-refractivity contribution in [3.05, 3.63) is 98.4 Å². The van der Waals surface area contributed by atoms with Crippen molar-refractivity contribution in [1.82, 2.24) is 44.6 Å². The molecule has 70 heavy (non-hydrogen) atoms. The number of ether oxygens (including phenoxy) is 4. The smallest absolute Gasteiger partial charge is 0.331 e. The fourth-order valence-corrected chi connectivity index (χ4v) is 9.08. The summed E-state index contributed by atoms with van der Waals surface area (Å²) in [6.45, 7) is 29.7. The number of benzene rings is 2. The highest BCUT2D eigenvalue weighted by Crippen LogP contribution is 2.38. The van der Waals surface area contributed by atoms with Gasteiger partial charge in [0.1, 0.15) is 22.4 Å². The quantitative estimate of drug-likeness (QED) is 0.0446. The molecular weight excluding hydrogens is 916 g/mol. The fourth-order valence-electron chi connectivity index (χ4n) is 8.92. The highest BCUT2D eigenvalue weighted by molar-refractivity contribution is 6.34. The van der Waals surface area contributed by atoms with E-state index in [2.05, 4.69) is 51.2 Å². The number of aromatic nitrogens is 7. The Morgan fingerprint density at radius 1 is 0.900 bits per heavy atom. The predicted molar refractivity (Wildman–Crippen MR) is 265 cm³/mol. The lowest BCUT2D eigenvalue weighted by molar-refractivity contribution is -0.148. The minimum atomic E-state index is -0.614. The largest absolute Gasteiger partial charge is 0.481 e. The van der Waals surface area contributed by atoms with E-state index in [1.165, 1.54) is 4.90 Å². The molecule has 1 aliphatic rings. The van der Waals surface area contributed by atoms with Gasteiger partial charge < -0.3 is 24.3 Å². The first-order valence-corrected chi connectivity index (χ1v) is 24.1. The molecule has 2 aromatic carbocycles. The van der Waals surface area contributed by atoms with Gasteiger partial charge in [0.2, 0.25) is 5.69 Å². The van der Waals surface area contributed by atoms with Crippen molar-refractivity contribution in [2.24, 2.45) is 17.8 Å². The number of esters is 3. The van der Waals surface area contributed by atoms with Gasteiger partial charge in [-0.3, -0.25) is 34.0 Å². The first-order valence-electron chi connectivity index (χ1n) is 23.8. The van der Waals surface area contributed by atoms with Gasteiger partial charge in [-0.1, -0.05) is 86.8 Å². The van der Waals surface area contributed by atoms with Gasteiger partial charge in [0.25, 0.3) is 5.91 Å². The zero-order valence-electron chi connectivity index (χ0n) is 41.9. The molecule has 4 unspecified atom stereocenters. The summed E-state index contributed by atoms with van der Waals surface area (Å²) < 4.78 is 25.3. The van der Waals surface area contributed by atoms with Crippen molar-refractivity contribution >= 4 is 52.4 Å². The highest BCUT2D eigenvalue weighted by Gasteiger charge is 2.37. The van der Waals surface area contributed by atoms with Crippen LogP contribution in [0.25, 0.3) is 27.5 Å². The monoisotopic (exact) mass is 980 g/mol. The second-order valence-corrected chi connectivity index (χ2v) is 18.8. The number of fused-ring (bicyclic) bond motifs is 2. The van der Waals surface area contributed by atoms with E-state index in [1.807, 2.05) is 77.1 Å². The number of H-pyrrole nitrogens is 2. The minimum absolute atomic E-state index is 0.0347. The summed E-state index contributed by atoms with van der Waals surface area (Å²) >= 11 is 6.19. The van der Waals surface area contributed by atoms with Gasteiger partial charge in [-0.25, -0.2) is 19.6 Å². The molecule has 0 saturated heterocycles. The molecule has 6 aromatic rings. The van der Waals surface area contributed by atoms with Gasteiger partial charge in [0, 0.05) is 24.6 Å². The molecule has 3 N–H and O–H groups in total. The van der Waals surface area contributed by atoms with Crippen LogP contribution in [-0.4, -0.2) is 108 Å². The van der Waals surface area contributed by atoms with Gasteiger partial charge in [-0.2, -0.15) is 4.63 Å². The normalized spacial score (nSPS) is 17.6. The number of aryl methyl sites for hydroxylation is 4. The third-order valence-electron chi connectivity index (χ3n) is 12.3. The maximum atomic E-state index is 13.9. The van der Waals surface area contributed by atoms with Crippen molar-refractivity contribution in [3.63, 3.8) is 0 Å². The molecule has 374 valence electrons. The summed E-state index contributed by atoms with van der Waals surface area (Å²) in [5.74, 6) is 0.804. The summed E-state index contributed by atoms with van der Waals surface area (Å²) in [5, 5.41) is 14.1. The molecule has 19 heteroatoms. The average molecular weight is 982 g/mol. The number of hydrogen-bond donors (Lipinski definition) is 3. The third-order valence-corrected chi connectivity index (χ3v) is 12.8. The summed E-state index contributed by atoms with van der Waals surface area (Å²) in [7, 11) is 0. The van der Waals surface area contributed by atoms with E-state index < -0.39 is 24.0 Å². The maximum Gasteiger partial charge on any atom is 0.331 e. The lowest BCUT2D eigenvalue weighted by Gasteiger charge is -2.37. The first-order chi connectivity index (χ1) is 33.3. The molecular formula is C51H65ClN10O8. The lowest BCUT2D eigenvalue weighted by Crippen LogP contribution is -2.38. The Hall–Kier alpha value is -6.71. The van der Waals surface area contributed by atoms with Crippen LogP contribution in [0.5, 0.6) is 5.75 Å². The number of aromatic amines is 2. The molecule has 1 aliphatic carbocycles. The zero-order valence-corrected chi connectivity index (χ0v) is 42.7. The molecule has 1 saturated carbocycles. The maximum absolute atomic E-state index is 13.9. The third kappa shape index (κ3) is 12.5. The van der Waals surface area contributed by atoms with Gasteiger partial charge >= 0.3 is 17.9 Å². The lowest BCUT2D eigenvalue weighted by atomic mass is 9.75. The SMILES string of the molecule is Cc1ccc(OC(C)C(=O)NCC(C)c2nc3c(Cl)c(C)[nH]n3n2)c(C)c1.[C-]#[N+]c1c(C(=O)OC2C(C)CC(C)CC2C)c2nc(-c3ccc(C)cc3)[nH]n2c1CN(CC(=O)OCC)CC(=O)OCC. The Morgan fingerprint density at radius 3 is 2.11 bits per heavy atom. The molecule has 0 bridgehead atoms. The van der Waals surface area contributed by atoms with Gasteiger partial charge in [0.05, 0.1) is 44.3 Å². The predicted octanol–water partition coefficient (Wildman–Crippen LogP) is 8.67. The van der Waals surface area contributed by atoms with E-state index in [9.17, 15) is 19.2 Å². The Balaban J connectivity index is 0.000000255. The number of carbonyl (C=O) groups excluding carboxylic acids is 4. The number of halogens is 1. The highest BCUT2D eigenvalue weighted by atomic mass is 35.5. The van der Waals surface area contributed by atoms with Crippen LogP contribution >= 0.6 is 11.6 Å². The molecule has 7 rings (SSSR count).